The largest absolute Gasteiger partial charge is 0.492 e. The number of hydrogen-bond donors (Lipinski definition) is 2. The number of rotatable bonds is 4. The summed E-state index contributed by atoms with van der Waals surface area (Å²) in [5.41, 5.74) is 1.11. The van der Waals surface area contributed by atoms with Gasteiger partial charge in [-0.15, -0.1) is 0 Å². The molecule has 0 saturated carbocycles. The second-order valence-corrected chi connectivity index (χ2v) is 4.12. The van der Waals surface area contributed by atoms with Crippen LogP contribution in [0.1, 0.15) is 19.8 Å². The van der Waals surface area contributed by atoms with Crippen LogP contribution < -0.4 is 15.4 Å². The van der Waals surface area contributed by atoms with Crippen molar-refractivity contribution in [1.82, 2.24) is 5.32 Å². The molecule has 0 aliphatic carbocycles. The number of hydrogen-bond acceptors (Lipinski definition) is 3. The maximum atomic E-state index is 5.60. The highest BCUT2D eigenvalue weighted by molar-refractivity contribution is 5.56. The Kier molecular flexibility index (Phi) is 4.05. The Labute approximate surface area is 97.2 Å². The molecule has 1 aromatic carbocycles. The van der Waals surface area contributed by atoms with Gasteiger partial charge in [-0.3, -0.25) is 0 Å². The molecule has 1 aliphatic rings. The van der Waals surface area contributed by atoms with E-state index >= 15 is 0 Å². The molecule has 1 atom stereocenters. The number of anilines is 1. The van der Waals surface area contributed by atoms with E-state index in [4.69, 9.17) is 4.74 Å². The lowest BCUT2D eigenvalue weighted by Gasteiger charge is -2.25. The summed E-state index contributed by atoms with van der Waals surface area (Å²) < 4.78 is 5.60. The predicted octanol–water partition coefficient (Wildman–Crippen LogP) is 2.25. The number of piperidine rings is 1. The van der Waals surface area contributed by atoms with Crippen molar-refractivity contribution in [1.29, 1.82) is 0 Å². The van der Waals surface area contributed by atoms with Crippen LogP contribution in [0.5, 0.6) is 5.75 Å². The van der Waals surface area contributed by atoms with Gasteiger partial charge in [-0.1, -0.05) is 12.1 Å². The fraction of sp³-hybridized carbons (Fsp3) is 0.538. The summed E-state index contributed by atoms with van der Waals surface area (Å²) >= 11 is 0. The Balaban J connectivity index is 2.01. The third-order valence-electron chi connectivity index (χ3n) is 2.84. The minimum absolute atomic E-state index is 0.523. The molecule has 1 aliphatic heterocycles. The van der Waals surface area contributed by atoms with Crippen molar-refractivity contribution in [3.8, 4) is 5.75 Å². The lowest BCUT2D eigenvalue weighted by molar-refractivity contribution is 0.341. The standard InChI is InChI=1S/C13H20N2O/c1-2-16-13-8-4-3-7-12(13)15-11-6-5-9-14-10-11/h3-4,7-8,11,14-15H,2,5-6,9-10H2,1H3. The van der Waals surface area contributed by atoms with E-state index in [1.165, 1.54) is 12.8 Å². The minimum atomic E-state index is 0.523. The maximum absolute atomic E-state index is 5.60. The van der Waals surface area contributed by atoms with E-state index in [2.05, 4.69) is 16.7 Å². The zero-order chi connectivity index (χ0) is 11.2. The Morgan fingerprint density at radius 1 is 1.44 bits per heavy atom. The summed E-state index contributed by atoms with van der Waals surface area (Å²) in [7, 11) is 0. The quantitative estimate of drug-likeness (QED) is 0.816. The van der Waals surface area contributed by atoms with Gasteiger partial charge in [0.15, 0.2) is 0 Å². The minimum Gasteiger partial charge on any atom is -0.492 e. The van der Waals surface area contributed by atoms with Crippen LogP contribution >= 0.6 is 0 Å². The van der Waals surface area contributed by atoms with Gasteiger partial charge < -0.3 is 15.4 Å². The molecule has 0 amide bonds. The van der Waals surface area contributed by atoms with Crippen LogP contribution in [-0.2, 0) is 0 Å². The van der Waals surface area contributed by atoms with Crippen molar-refractivity contribution >= 4 is 5.69 Å². The normalized spacial score (nSPS) is 20.4. The van der Waals surface area contributed by atoms with Gasteiger partial charge in [0.1, 0.15) is 5.75 Å². The van der Waals surface area contributed by atoms with Crippen LogP contribution in [-0.4, -0.2) is 25.7 Å². The van der Waals surface area contributed by atoms with Crippen molar-refractivity contribution < 1.29 is 4.74 Å². The Bertz CT molecular complexity index is 321. The molecule has 1 aromatic rings. The number of para-hydroxylation sites is 2. The molecule has 2 rings (SSSR count). The van der Waals surface area contributed by atoms with Crippen LogP contribution in [0.4, 0.5) is 5.69 Å². The second kappa shape index (κ2) is 5.75. The van der Waals surface area contributed by atoms with Gasteiger partial charge in [-0.05, 0) is 38.4 Å². The molecule has 0 spiro atoms. The first kappa shape index (κ1) is 11.3. The van der Waals surface area contributed by atoms with Crippen LogP contribution in [0.3, 0.4) is 0 Å². The summed E-state index contributed by atoms with van der Waals surface area (Å²) in [4.78, 5) is 0. The summed E-state index contributed by atoms with van der Waals surface area (Å²) in [6, 6.07) is 8.67. The molecule has 1 saturated heterocycles. The molecule has 0 radical (unpaired) electrons. The summed E-state index contributed by atoms with van der Waals surface area (Å²) in [5, 5.41) is 6.95. The number of benzene rings is 1. The Hall–Kier alpha value is -1.22. The first-order valence-corrected chi connectivity index (χ1v) is 6.09. The highest BCUT2D eigenvalue weighted by Gasteiger charge is 2.13. The highest BCUT2D eigenvalue weighted by atomic mass is 16.5. The molecular weight excluding hydrogens is 200 g/mol. The molecule has 0 aromatic heterocycles. The zero-order valence-electron chi connectivity index (χ0n) is 9.83. The van der Waals surface area contributed by atoms with Gasteiger partial charge in [0.05, 0.1) is 12.3 Å². The van der Waals surface area contributed by atoms with Crippen molar-refractivity contribution in [2.24, 2.45) is 0 Å². The highest BCUT2D eigenvalue weighted by Crippen LogP contribution is 2.25. The van der Waals surface area contributed by atoms with E-state index < -0.39 is 0 Å². The molecule has 2 N–H and O–H groups in total. The van der Waals surface area contributed by atoms with E-state index in [0.717, 1.165) is 24.5 Å². The van der Waals surface area contributed by atoms with Crippen molar-refractivity contribution in [2.45, 2.75) is 25.8 Å². The van der Waals surface area contributed by atoms with Gasteiger partial charge in [-0.25, -0.2) is 0 Å². The van der Waals surface area contributed by atoms with Crippen molar-refractivity contribution in [2.75, 3.05) is 25.0 Å². The van der Waals surface area contributed by atoms with E-state index in [0.29, 0.717) is 12.6 Å². The predicted molar refractivity (Wildman–Crippen MR) is 67.1 cm³/mol. The van der Waals surface area contributed by atoms with E-state index in [1.54, 1.807) is 0 Å². The third kappa shape index (κ3) is 2.89. The lowest BCUT2D eigenvalue weighted by atomic mass is 10.1. The molecule has 16 heavy (non-hydrogen) atoms. The molecule has 3 nitrogen and oxygen atoms in total. The summed E-state index contributed by atoms with van der Waals surface area (Å²) in [6.07, 6.45) is 2.47. The average molecular weight is 220 g/mol. The zero-order valence-corrected chi connectivity index (χ0v) is 9.83. The van der Waals surface area contributed by atoms with Crippen LogP contribution in [0.15, 0.2) is 24.3 Å². The SMILES string of the molecule is CCOc1ccccc1NC1CCCNC1. The first-order chi connectivity index (χ1) is 7.90. The second-order valence-electron chi connectivity index (χ2n) is 4.12. The monoisotopic (exact) mass is 220 g/mol. The Morgan fingerprint density at radius 2 is 2.31 bits per heavy atom. The van der Waals surface area contributed by atoms with Gasteiger partial charge in [0, 0.05) is 12.6 Å². The van der Waals surface area contributed by atoms with Crippen molar-refractivity contribution in [3.63, 3.8) is 0 Å². The fourth-order valence-corrected chi connectivity index (χ4v) is 2.06. The van der Waals surface area contributed by atoms with Crippen LogP contribution in [0.25, 0.3) is 0 Å². The molecule has 1 heterocycles. The van der Waals surface area contributed by atoms with E-state index in [9.17, 15) is 0 Å². The number of ether oxygens (including phenoxy) is 1. The molecule has 0 bridgehead atoms. The molecular formula is C13H20N2O. The summed E-state index contributed by atoms with van der Waals surface area (Å²) in [5.74, 6) is 0.954. The van der Waals surface area contributed by atoms with Gasteiger partial charge in [0.25, 0.3) is 0 Å². The number of nitrogens with one attached hydrogen (secondary N) is 2. The van der Waals surface area contributed by atoms with Gasteiger partial charge in [-0.2, -0.15) is 0 Å². The molecule has 3 heteroatoms. The smallest absolute Gasteiger partial charge is 0.142 e. The maximum Gasteiger partial charge on any atom is 0.142 e. The van der Waals surface area contributed by atoms with Crippen LogP contribution in [0.2, 0.25) is 0 Å². The third-order valence-corrected chi connectivity index (χ3v) is 2.84. The summed E-state index contributed by atoms with van der Waals surface area (Å²) in [6.45, 7) is 4.91. The molecule has 1 unspecified atom stereocenters. The van der Waals surface area contributed by atoms with E-state index in [-0.39, 0.29) is 0 Å². The fourth-order valence-electron chi connectivity index (χ4n) is 2.06. The lowest BCUT2D eigenvalue weighted by Crippen LogP contribution is -2.38. The van der Waals surface area contributed by atoms with Gasteiger partial charge >= 0.3 is 0 Å². The topological polar surface area (TPSA) is 33.3 Å². The molecule has 1 fully saturated rings. The van der Waals surface area contributed by atoms with Gasteiger partial charge in [0.2, 0.25) is 0 Å². The average Bonchev–Trinajstić information content (AvgIpc) is 2.33. The Morgan fingerprint density at radius 3 is 3.06 bits per heavy atom. The van der Waals surface area contributed by atoms with Crippen molar-refractivity contribution in [3.05, 3.63) is 24.3 Å². The van der Waals surface area contributed by atoms with Crippen LogP contribution in [0, 0.1) is 0 Å². The first-order valence-electron chi connectivity index (χ1n) is 6.09. The van der Waals surface area contributed by atoms with E-state index in [1.807, 2.05) is 25.1 Å². The molecule has 88 valence electrons.